The molecule has 1 fully saturated rings. The van der Waals surface area contributed by atoms with E-state index in [-0.39, 0.29) is 5.41 Å². The van der Waals surface area contributed by atoms with E-state index in [0.717, 1.165) is 19.3 Å². The van der Waals surface area contributed by atoms with Crippen molar-refractivity contribution in [3.63, 3.8) is 0 Å². The molecule has 0 radical (unpaired) electrons. The molecule has 1 aliphatic carbocycles. The van der Waals surface area contributed by atoms with Crippen LogP contribution in [-0.2, 0) is 11.8 Å². The fourth-order valence-corrected chi connectivity index (χ4v) is 2.88. The lowest BCUT2D eigenvalue weighted by Crippen LogP contribution is -2.44. The van der Waals surface area contributed by atoms with Gasteiger partial charge >= 0.3 is 0 Å². The average molecular weight is 232 g/mol. The van der Waals surface area contributed by atoms with Crippen molar-refractivity contribution in [1.82, 2.24) is 0 Å². The lowest BCUT2D eigenvalue weighted by molar-refractivity contribution is -0.0665. The third-order valence-corrected chi connectivity index (χ3v) is 3.81. The summed E-state index contributed by atoms with van der Waals surface area (Å²) in [5, 5.41) is 10.3. The Balaban J connectivity index is 2.04. The van der Waals surface area contributed by atoms with Gasteiger partial charge in [-0.05, 0) is 35.3 Å². The molecule has 0 amide bonds. The monoisotopic (exact) mass is 232 g/mol. The lowest BCUT2D eigenvalue weighted by atomic mass is 9.69. The normalized spacial score (nSPS) is 28.9. The zero-order valence-corrected chi connectivity index (χ0v) is 11.5. The van der Waals surface area contributed by atoms with Crippen molar-refractivity contribution in [2.45, 2.75) is 58.0 Å². The van der Waals surface area contributed by atoms with Crippen LogP contribution in [0.2, 0.25) is 0 Å². The second kappa shape index (κ2) is 4.13. The predicted molar refractivity (Wildman–Crippen MR) is 72.2 cm³/mol. The summed E-state index contributed by atoms with van der Waals surface area (Å²) in [6.45, 7) is 8.88. The third-order valence-electron chi connectivity index (χ3n) is 3.81. The van der Waals surface area contributed by atoms with E-state index in [4.69, 9.17) is 0 Å². The molecule has 0 aromatic heterocycles. The second-order valence-corrected chi connectivity index (χ2v) is 6.86. The van der Waals surface area contributed by atoms with Gasteiger partial charge in [0.25, 0.3) is 0 Å². The van der Waals surface area contributed by atoms with E-state index in [2.05, 4.69) is 52.0 Å². The Labute approximate surface area is 105 Å². The summed E-state index contributed by atoms with van der Waals surface area (Å²) in [4.78, 5) is 0. The highest BCUT2D eigenvalue weighted by Crippen LogP contribution is 2.39. The van der Waals surface area contributed by atoms with E-state index < -0.39 is 5.60 Å². The van der Waals surface area contributed by atoms with Crippen LogP contribution in [0.15, 0.2) is 24.3 Å². The van der Waals surface area contributed by atoms with Gasteiger partial charge in [0.05, 0.1) is 5.60 Å². The van der Waals surface area contributed by atoms with E-state index >= 15 is 0 Å². The maximum atomic E-state index is 10.3. The molecule has 2 rings (SSSR count). The summed E-state index contributed by atoms with van der Waals surface area (Å²) in [6, 6.07) is 8.73. The number of rotatable bonds is 2. The van der Waals surface area contributed by atoms with Crippen LogP contribution >= 0.6 is 0 Å². The van der Waals surface area contributed by atoms with Gasteiger partial charge in [0, 0.05) is 6.42 Å². The molecule has 0 heterocycles. The fraction of sp³-hybridized carbons (Fsp3) is 0.625. The van der Waals surface area contributed by atoms with Crippen LogP contribution in [0.25, 0.3) is 0 Å². The highest BCUT2D eigenvalue weighted by atomic mass is 16.3. The van der Waals surface area contributed by atoms with Gasteiger partial charge < -0.3 is 5.11 Å². The molecule has 0 spiro atoms. The molecule has 1 nitrogen and oxygen atoms in total. The van der Waals surface area contributed by atoms with Crippen molar-refractivity contribution >= 4 is 0 Å². The lowest BCUT2D eigenvalue weighted by Gasteiger charge is -2.42. The maximum absolute atomic E-state index is 10.3. The van der Waals surface area contributed by atoms with E-state index in [1.54, 1.807) is 0 Å². The molecule has 1 N–H and O–H groups in total. The van der Waals surface area contributed by atoms with E-state index in [1.165, 1.54) is 11.1 Å². The molecular formula is C16H24O. The first-order valence-electron chi connectivity index (χ1n) is 6.60. The third kappa shape index (κ3) is 2.90. The molecule has 0 saturated heterocycles. The molecule has 0 aliphatic heterocycles. The zero-order chi connectivity index (χ0) is 12.7. The van der Waals surface area contributed by atoms with Gasteiger partial charge in [-0.25, -0.2) is 0 Å². The molecule has 1 aromatic rings. The molecule has 17 heavy (non-hydrogen) atoms. The summed E-state index contributed by atoms with van der Waals surface area (Å²) < 4.78 is 0. The molecular weight excluding hydrogens is 208 g/mol. The van der Waals surface area contributed by atoms with Crippen LogP contribution < -0.4 is 0 Å². The SMILES string of the molecule is CC1CC(O)(Cc2ccc(C(C)(C)C)cc2)C1. The van der Waals surface area contributed by atoms with Crippen LogP contribution in [0.4, 0.5) is 0 Å². The first-order chi connectivity index (χ1) is 7.78. The first-order valence-corrected chi connectivity index (χ1v) is 6.60. The predicted octanol–water partition coefficient (Wildman–Crippen LogP) is 3.69. The van der Waals surface area contributed by atoms with Gasteiger partial charge in [0.2, 0.25) is 0 Å². The molecule has 1 heteroatoms. The van der Waals surface area contributed by atoms with Crippen molar-refractivity contribution in [3.8, 4) is 0 Å². The van der Waals surface area contributed by atoms with Crippen LogP contribution in [0, 0.1) is 5.92 Å². The Bertz CT molecular complexity index is 377. The van der Waals surface area contributed by atoms with Gasteiger partial charge in [-0.1, -0.05) is 52.0 Å². The van der Waals surface area contributed by atoms with Crippen LogP contribution in [0.5, 0.6) is 0 Å². The number of aliphatic hydroxyl groups is 1. The molecule has 1 saturated carbocycles. The number of hydrogen-bond donors (Lipinski definition) is 1. The van der Waals surface area contributed by atoms with Crippen LogP contribution in [0.3, 0.4) is 0 Å². The summed E-state index contributed by atoms with van der Waals surface area (Å²) in [5.74, 6) is 0.689. The molecule has 0 bridgehead atoms. The van der Waals surface area contributed by atoms with Gasteiger partial charge in [0.1, 0.15) is 0 Å². The summed E-state index contributed by atoms with van der Waals surface area (Å²) in [7, 11) is 0. The van der Waals surface area contributed by atoms with Crippen molar-refractivity contribution < 1.29 is 5.11 Å². The average Bonchev–Trinajstić information content (AvgIpc) is 2.14. The molecule has 94 valence electrons. The Morgan fingerprint density at radius 1 is 1.18 bits per heavy atom. The smallest absolute Gasteiger partial charge is 0.0693 e. The maximum Gasteiger partial charge on any atom is 0.0693 e. The summed E-state index contributed by atoms with van der Waals surface area (Å²) >= 11 is 0. The standard InChI is InChI=1S/C16H24O/c1-12-9-16(17,10-12)11-13-5-7-14(8-6-13)15(2,3)4/h5-8,12,17H,9-11H2,1-4H3. The van der Waals surface area contributed by atoms with E-state index in [1.807, 2.05) is 0 Å². The molecule has 1 aliphatic rings. The first kappa shape index (κ1) is 12.6. The van der Waals surface area contributed by atoms with Crippen molar-refractivity contribution in [2.24, 2.45) is 5.92 Å². The molecule has 0 unspecified atom stereocenters. The van der Waals surface area contributed by atoms with Crippen molar-refractivity contribution in [1.29, 1.82) is 0 Å². The molecule has 1 aromatic carbocycles. The van der Waals surface area contributed by atoms with Crippen LogP contribution in [0.1, 0.15) is 51.7 Å². The van der Waals surface area contributed by atoms with Gasteiger partial charge in [0.15, 0.2) is 0 Å². The Morgan fingerprint density at radius 2 is 1.71 bits per heavy atom. The van der Waals surface area contributed by atoms with E-state index in [0.29, 0.717) is 5.92 Å². The number of benzene rings is 1. The van der Waals surface area contributed by atoms with Crippen molar-refractivity contribution in [3.05, 3.63) is 35.4 Å². The van der Waals surface area contributed by atoms with Gasteiger partial charge in [-0.15, -0.1) is 0 Å². The largest absolute Gasteiger partial charge is 0.390 e. The topological polar surface area (TPSA) is 20.2 Å². The minimum absolute atomic E-state index is 0.209. The second-order valence-electron chi connectivity index (χ2n) is 6.86. The highest BCUT2D eigenvalue weighted by molar-refractivity contribution is 5.28. The highest BCUT2D eigenvalue weighted by Gasteiger charge is 2.39. The zero-order valence-electron chi connectivity index (χ0n) is 11.5. The minimum Gasteiger partial charge on any atom is -0.390 e. The van der Waals surface area contributed by atoms with Gasteiger partial charge in [-0.3, -0.25) is 0 Å². The van der Waals surface area contributed by atoms with Crippen LogP contribution in [-0.4, -0.2) is 10.7 Å². The van der Waals surface area contributed by atoms with E-state index in [9.17, 15) is 5.11 Å². The minimum atomic E-state index is -0.428. The van der Waals surface area contributed by atoms with Crippen molar-refractivity contribution in [2.75, 3.05) is 0 Å². The number of hydrogen-bond acceptors (Lipinski definition) is 1. The Morgan fingerprint density at radius 3 is 2.12 bits per heavy atom. The summed E-state index contributed by atoms with van der Waals surface area (Å²) in [5.41, 5.74) is 2.39. The quantitative estimate of drug-likeness (QED) is 0.824. The van der Waals surface area contributed by atoms with Gasteiger partial charge in [-0.2, -0.15) is 0 Å². The summed E-state index contributed by atoms with van der Waals surface area (Å²) in [6.07, 6.45) is 2.71. The molecule has 0 atom stereocenters. The fourth-order valence-electron chi connectivity index (χ4n) is 2.88. The Hall–Kier alpha value is -0.820. The Kier molecular flexibility index (Phi) is 3.07.